The van der Waals surface area contributed by atoms with Crippen molar-refractivity contribution in [1.29, 1.82) is 0 Å². The molecule has 1 amide bonds. The molecule has 27 heavy (non-hydrogen) atoms. The molecule has 0 bridgehead atoms. The van der Waals surface area contributed by atoms with E-state index in [1.807, 2.05) is 67.6 Å². The van der Waals surface area contributed by atoms with E-state index in [4.69, 9.17) is 0 Å². The van der Waals surface area contributed by atoms with E-state index in [9.17, 15) is 9.59 Å². The van der Waals surface area contributed by atoms with Crippen molar-refractivity contribution < 1.29 is 4.79 Å². The smallest absolute Gasteiger partial charge is 0.252 e. The number of hydrogen-bond acceptors (Lipinski definition) is 4. The summed E-state index contributed by atoms with van der Waals surface area (Å²) in [5, 5.41) is 1.37. The van der Waals surface area contributed by atoms with Gasteiger partial charge in [-0.25, -0.2) is 15.4 Å². The first-order valence-corrected chi connectivity index (χ1v) is 8.92. The topological polar surface area (TPSA) is 78.1 Å². The molecule has 2 atom stereocenters. The van der Waals surface area contributed by atoms with Crippen LogP contribution in [-0.2, 0) is 11.2 Å². The van der Waals surface area contributed by atoms with Crippen molar-refractivity contribution in [2.24, 2.45) is 5.92 Å². The Morgan fingerprint density at radius 3 is 2.37 bits per heavy atom. The van der Waals surface area contributed by atoms with Gasteiger partial charge in [-0.2, -0.15) is 0 Å². The van der Waals surface area contributed by atoms with Gasteiger partial charge in [-0.3, -0.25) is 14.6 Å². The third-order valence-corrected chi connectivity index (χ3v) is 4.78. The van der Waals surface area contributed by atoms with Gasteiger partial charge in [0.2, 0.25) is 11.9 Å². The Balaban J connectivity index is 1.63. The van der Waals surface area contributed by atoms with Gasteiger partial charge < -0.3 is 0 Å². The zero-order valence-corrected chi connectivity index (χ0v) is 14.9. The summed E-state index contributed by atoms with van der Waals surface area (Å²) in [6.07, 6.45) is 0.632. The highest BCUT2D eigenvalue weighted by Gasteiger charge is 2.39. The minimum atomic E-state index is -0.299. The van der Waals surface area contributed by atoms with E-state index in [-0.39, 0.29) is 29.4 Å². The van der Waals surface area contributed by atoms with Gasteiger partial charge in [-0.15, -0.1) is 0 Å². The summed E-state index contributed by atoms with van der Waals surface area (Å²) in [5.41, 5.74) is 5.31. The second kappa shape index (κ2) is 7.17. The lowest BCUT2D eigenvalue weighted by Gasteiger charge is -2.15. The number of carbonyl (C=O) groups excluding carboxylic acids is 1. The second-order valence-electron chi connectivity index (χ2n) is 6.71. The lowest BCUT2D eigenvalue weighted by atomic mass is 9.94. The van der Waals surface area contributed by atoms with Crippen LogP contribution in [0.1, 0.15) is 12.5 Å². The molecule has 0 aliphatic carbocycles. The van der Waals surface area contributed by atoms with Gasteiger partial charge in [0.25, 0.3) is 5.56 Å². The predicted molar refractivity (Wildman–Crippen MR) is 104 cm³/mol. The summed E-state index contributed by atoms with van der Waals surface area (Å²) < 4.78 is 0. The number of amides is 1. The highest BCUT2D eigenvalue weighted by atomic mass is 16.2. The number of H-pyrrole nitrogens is 1. The van der Waals surface area contributed by atoms with Crippen LogP contribution in [-0.4, -0.2) is 21.9 Å². The number of benzene rings is 2. The fourth-order valence-electron chi connectivity index (χ4n) is 3.34. The molecule has 1 aliphatic rings. The summed E-state index contributed by atoms with van der Waals surface area (Å²) in [5.74, 6) is -0.105. The van der Waals surface area contributed by atoms with Crippen LogP contribution in [0.15, 0.2) is 71.5 Å². The maximum absolute atomic E-state index is 13.0. The number of carbonyl (C=O) groups is 1. The molecule has 2 unspecified atom stereocenters. The van der Waals surface area contributed by atoms with Crippen molar-refractivity contribution in [3.8, 4) is 11.3 Å². The quantitative estimate of drug-likeness (QED) is 0.749. The molecule has 2 heterocycles. The minimum Gasteiger partial charge on any atom is -0.291 e. The molecule has 1 aliphatic heterocycles. The summed E-state index contributed by atoms with van der Waals surface area (Å²) >= 11 is 0. The number of nitrogens with one attached hydrogen (secondary N) is 2. The Hall–Kier alpha value is -3.25. The average Bonchev–Trinajstić information content (AvgIpc) is 2.97. The van der Waals surface area contributed by atoms with Crippen molar-refractivity contribution >= 4 is 11.9 Å². The van der Waals surface area contributed by atoms with Crippen LogP contribution in [0.25, 0.3) is 11.3 Å². The van der Waals surface area contributed by atoms with Crippen molar-refractivity contribution in [2.45, 2.75) is 19.4 Å². The van der Waals surface area contributed by atoms with Gasteiger partial charge in [0, 0.05) is 17.7 Å². The fourth-order valence-corrected chi connectivity index (χ4v) is 3.34. The number of hydrogen-bond donors (Lipinski definition) is 2. The van der Waals surface area contributed by atoms with Crippen molar-refractivity contribution in [1.82, 2.24) is 15.4 Å². The first kappa shape index (κ1) is 17.2. The van der Waals surface area contributed by atoms with Crippen LogP contribution < -0.4 is 16.0 Å². The Kier molecular flexibility index (Phi) is 4.56. The molecule has 0 spiro atoms. The zero-order valence-electron chi connectivity index (χ0n) is 14.9. The molecule has 2 N–H and O–H groups in total. The normalized spacial score (nSPS) is 19.4. The van der Waals surface area contributed by atoms with E-state index in [1.54, 1.807) is 0 Å². The van der Waals surface area contributed by atoms with Crippen LogP contribution in [0.3, 0.4) is 0 Å². The number of aromatic nitrogens is 2. The van der Waals surface area contributed by atoms with Gasteiger partial charge >= 0.3 is 0 Å². The van der Waals surface area contributed by atoms with E-state index in [0.29, 0.717) is 12.1 Å². The summed E-state index contributed by atoms with van der Waals surface area (Å²) in [7, 11) is 0. The zero-order chi connectivity index (χ0) is 18.8. The number of rotatable bonds is 4. The van der Waals surface area contributed by atoms with Crippen molar-refractivity contribution in [2.75, 3.05) is 5.01 Å². The third kappa shape index (κ3) is 3.52. The SMILES string of the molecule is CC1NN(c2nc(-c3ccccc3)cc(=O)[nH]2)C(=O)C1Cc1ccccc1. The van der Waals surface area contributed by atoms with Crippen LogP contribution in [0.2, 0.25) is 0 Å². The molecule has 6 nitrogen and oxygen atoms in total. The minimum absolute atomic E-state index is 0.0663. The Morgan fingerprint density at radius 2 is 1.67 bits per heavy atom. The Bertz CT molecular complexity index is 1000. The fraction of sp³-hybridized carbons (Fsp3) is 0.190. The lowest BCUT2D eigenvalue weighted by Crippen LogP contribution is -2.39. The van der Waals surface area contributed by atoms with E-state index in [2.05, 4.69) is 15.4 Å². The molecular formula is C21H20N4O2. The molecule has 3 aromatic rings. The van der Waals surface area contributed by atoms with Crippen LogP contribution in [0.4, 0.5) is 5.95 Å². The van der Waals surface area contributed by atoms with Gasteiger partial charge in [0.05, 0.1) is 11.6 Å². The molecule has 0 saturated carbocycles. The third-order valence-electron chi connectivity index (χ3n) is 4.78. The van der Waals surface area contributed by atoms with Crippen LogP contribution in [0, 0.1) is 5.92 Å². The second-order valence-corrected chi connectivity index (χ2v) is 6.71. The predicted octanol–water partition coefficient (Wildman–Crippen LogP) is 2.54. The number of nitrogens with zero attached hydrogens (tertiary/aromatic N) is 2. The van der Waals surface area contributed by atoms with Gasteiger partial charge in [-0.1, -0.05) is 60.7 Å². The number of anilines is 1. The molecule has 1 saturated heterocycles. The van der Waals surface area contributed by atoms with Gasteiger partial charge in [0.1, 0.15) is 0 Å². The van der Waals surface area contributed by atoms with Gasteiger partial charge in [-0.05, 0) is 18.9 Å². The molecular weight excluding hydrogens is 340 g/mol. The first-order chi connectivity index (χ1) is 13.1. The monoisotopic (exact) mass is 360 g/mol. The van der Waals surface area contributed by atoms with E-state index >= 15 is 0 Å². The maximum atomic E-state index is 13.0. The van der Waals surface area contributed by atoms with Gasteiger partial charge in [0.15, 0.2) is 0 Å². The number of aromatic amines is 1. The first-order valence-electron chi connectivity index (χ1n) is 8.92. The number of hydrazine groups is 1. The Morgan fingerprint density at radius 1 is 1.00 bits per heavy atom. The van der Waals surface area contributed by atoms with Crippen molar-refractivity contribution in [3.05, 3.63) is 82.6 Å². The van der Waals surface area contributed by atoms with E-state index < -0.39 is 0 Å². The lowest BCUT2D eigenvalue weighted by molar-refractivity contribution is -0.120. The molecule has 1 aromatic heterocycles. The molecule has 4 rings (SSSR count). The molecule has 136 valence electrons. The molecule has 2 aromatic carbocycles. The Labute approximate surface area is 156 Å². The maximum Gasteiger partial charge on any atom is 0.252 e. The molecule has 1 fully saturated rings. The summed E-state index contributed by atoms with van der Waals surface area (Å²) in [4.78, 5) is 32.3. The highest BCUT2D eigenvalue weighted by molar-refractivity contribution is 5.95. The summed E-state index contributed by atoms with van der Waals surface area (Å²) in [6.45, 7) is 1.96. The largest absolute Gasteiger partial charge is 0.291 e. The van der Waals surface area contributed by atoms with E-state index in [0.717, 1.165) is 11.1 Å². The van der Waals surface area contributed by atoms with Crippen LogP contribution >= 0.6 is 0 Å². The highest BCUT2D eigenvalue weighted by Crippen LogP contribution is 2.24. The molecule has 0 radical (unpaired) electrons. The summed E-state index contributed by atoms with van der Waals surface area (Å²) in [6, 6.07) is 20.7. The standard InChI is InChI=1S/C21H20N4O2/c1-14-17(12-15-8-4-2-5-9-15)20(27)25(24-14)21-22-18(13-19(26)23-21)16-10-6-3-7-11-16/h2-11,13-14,17,24H,12H2,1H3,(H,22,23,26). The molecule has 6 heteroatoms. The average molecular weight is 360 g/mol. The van der Waals surface area contributed by atoms with Crippen LogP contribution in [0.5, 0.6) is 0 Å². The van der Waals surface area contributed by atoms with E-state index in [1.165, 1.54) is 11.1 Å². The van der Waals surface area contributed by atoms with Crippen molar-refractivity contribution in [3.63, 3.8) is 0 Å².